The molecule has 0 unspecified atom stereocenters. The first-order valence-corrected chi connectivity index (χ1v) is 10.0. The van der Waals surface area contributed by atoms with Crippen LogP contribution in [0.4, 0.5) is 5.69 Å². The molecule has 1 heterocycles. The van der Waals surface area contributed by atoms with Gasteiger partial charge in [0.25, 0.3) is 5.91 Å². The van der Waals surface area contributed by atoms with Crippen LogP contribution >= 0.6 is 11.6 Å². The second-order valence-electron chi connectivity index (χ2n) is 7.60. The van der Waals surface area contributed by atoms with Crippen LogP contribution in [0.25, 0.3) is 10.9 Å². The molecule has 0 spiro atoms. The summed E-state index contributed by atoms with van der Waals surface area (Å²) in [5.74, 6) is 0.0685. The molecule has 2 N–H and O–H groups in total. The highest BCUT2D eigenvalue weighted by molar-refractivity contribution is 6.30. The SMILES string of the molecule is CC(C)(Oc1ccc(C(=O)c2ccc(Cl)cc2)cc1)C(=O)Nc1ccc2cn[nH]c2c1. The molecule has 0 bridgehead atoms. The molecule has 0 aliphatic heterocycles. The summed E-state index contributed by atoms with van der Waals surface area (Å²) in [6.07, 6.45) is 1.72. The van der Waals surface area contributed by atoms with E-state index < -0.39 is 5.60 Å². The number of fused-ring (bicyclic) bond motifs is 1. The molecule has 0 fully saturated rings. The van der Waals surface area contributed by atoms with Crippen molar-refractivity contribution < 1.29 is 14.3 Å². The third kappa shape index (κ3) is 4.59. The van der Waals surface area contributed by atoms with E-state index in [0.29, 0.717) is 27.6 Å². The third-order valence-corrected chi connectivity index (χ3v) is 5.09. The number of amides is 1. The molecule has 31 heavy (non-hydrogen) atoms. The van der Waals surface area contributed by atoms with E-state index in [2.05, 4.69) is 15.5 Å². The molecule has 0 aliphatic rings. The summed E-state index contributed by atoms with van der Waals surface area (Å²) < 4.78 is 5.90. The average Bonchev–Trinajstić information content (AvgIpc) is 3.22. The zero-order valence-electron chi connectivity index (χ0n) is 17.0. The van der Waals surface area contributed by atoms with Crippen LogP contribution in [-0.4, -0.2) is 27.5 Å². The van der Waals surface area contributed by atoms with Gasteiger partial charge in [0.1, 0.15) is 5.75 Å². The average molecular weight is 434 g/mol. The Labute approximate surface area is 184 Å². The minimum atomic E-state index is -1.13. The van der Waals surface area contributed by atoms with Gasteiger partial charge in [-0.2, -0.15) is 5.10 Å². The van der Waals surface area contributed by atoms with E-state index in [0.717, 1.165) is 10.9 Å². The molecule has 1 amide bonds. The van der Waals surface area contributed by atoms with Gasteiger partial charge < -0.3 is 10.1 Å². The first-order chi connectivity index (χ1) is 14.8. The standard InChI is InChI=1S/C24H20ClN3O3/c1-24(2,23(30)27-19-10-5-17-14-26-28-21(17)13-19)31-20-11-6-16(7-12-20)22(29)15-3-8-18(25)9-4-15/h3-14H,1-2H3,(H,26,28)(H,27,30). The summed E-state index contributed by atoms with van der Waals surface area (Å²) in [4.78, 5) is 25.4. The van der Waals surface area contributed by atoms with Gasteiger partial charge >= 0.3 is 0 Å². The summed E-state index contributed by atoms with van der Waals surface area (Å²) >= 11 is 5.88. The van der Waals surface area contributed by atoms with E-state index in [4.69, 9.17) is 16.3 Å². The molecule has 0 saturated heterocycles. The number of nitrogens with zero attached hydrogens (tertiary/aromatic N) is 1. The minimum Gasteiger partial charge on any atom is -0.478 e. The lowest BCUT2D eigenvalue weighted by Crippen LogP contribution is -2.42. The Morgan fingerprint density at radius 2 is 1.61 bits per heavy atom. The van der Waals surface area contributed by atoms with Gasteiger partial charge in [0.15, 0.2) is 11.4 Å². The van der Waals surface area contributed by atoms with Crippen LogP contribution in [0.5, 0.6) is 5.75 Å². The molecule has 3 aromatic carbocycles. The van der Waals surface area contributed by atoms with Crippen molar-refractivity contribution in [2.75, 3.05) is 5.32 Å². The Bertz CT molecular complexity index is 1250. The highest BCUT2D eigenvalue weighted by Crippen LogP contribution is 2.23. The predicted octanol–water partition coefficient (Wildman–Crippen LogP) is 5.24. The van der Waals surface area contributed by atoms with Crippen molar-refractivity contribution in [1.82, 2.24) is 10.2 Å². The second-order valence-corrected chi connectivity index (χ2v) is 8.04. The number of aromatic nitrogens is 2. The van der Waals surface area contributed by atoms with Crippen molar-refractivity contribution >= 4 is 39.9 Å². The normalized spacial score (nSPS) is 11.3. The smallest absolute Gasteiger partial charge is 0.267 e. The van der Waals surface area contributed by atoms with Gasteiger partial charge in [-0.25, -0.2) is 0 Å². The van der Waals surface area contributed by atoms with E-state index >= 15 is 0 Å². The fraction of sp³-hybridized carbons (Fsp3) is 0.125. The molecule has 1 aromatic heterocycles. The number of benzene rings is 3. The van der Waals surface area contributed by atoms with Crippen LogP contribution in [0.1, 0.15) is 29.8 Å². The number of carbonyl (C=O) groups excluding carboxylic acids is 2. The van der Waals surface area contributed by atoms with Crippen LogP contribution in [0.3, 0.4) is 0 Å². The number of H-pyrrole nitrogens is 1. The van der Waals surface area contributed by atoms with Crippen LogP contribution < -0.4 is 10.1 Å². The van der Waals surface area contributed by atoms with Crippen molar-refractivity contribution in [1.29, 1.82) is 0 Å². The predicted molar refractivity (Wildman–Crippen MR) is 121 cm³/mol. The summed E-state index contributed by atoms with van der Waals surface area (Å²) in [6.45, 7) is 3.37. The minimum absolute atomic E-state index is 0.116. The van der Waals surface area contributed by atoms with Gasteiger partial charge in [0.05, 0.1) is 11.7 Å². The molecule has 0 aliphatic carbocycles. The van der Waals surface area contributed by atoms with Crippen molar-refractivity contribution in [2.45, 2.75) is 19.4 Å². The maximum atomic E-state index is 12.8. The molecule has 156 valence electrons. The number of anilines is 1. The molecule has 0 radical (unpaired) electrons. The third-order valence-electron chi connectivity index (χ3n) is 4.84. The van der Waals surface area contributed by atoms with Crippen LogP contribution in [-0.2, 0) is 4.79 Å². The van der Waals surface area contributed by atoms with Crippen LogP contribution in [0, 0.1) is 0 Å². The van der Waals surface area contributed by atoms with Gasteiger partial charge in [-0.15, -0.1) is 0 Å². The van der Waals surface area contributed by atoms with Crippen molar-refractivity contribution in [3.8, 4) is 5.75 Å². The number of ether oxygens (including phenoxy) is 1. The first-order valence-electron chi connectivity index (χ1n) is 9.66. The van der Waals surface area contributed by atoms with Crippen molar-refractivity contribution in [2.24, 2.45) is 0 Å². The summed E-state index contributed by atoms with van der Waals surface area (Å²) in [5, 5.41) is 11.2. The summed E-state index contributed by atoms with van der Waals surface area (Å²) in [7, 11) is 0. The topological polar surface area (TPSA) is 84.1 Å². The Balaban J connectivity index is 1.43. The largest absolute Gasteiger partial charge is 0.478 e. The Kier molecular flexibility index (Phi) is 5.48. The van der Waals surface area contributed by atoms with E-state index in [9.17, 15) is 9.59 Å². The van der Waals surface area contributed by atoms with Crippen LogP contribution in [0.2, 0.25) is 5.02 Å². The van der Waals surface area contributed by atoms with E-state index in [1.165, 1.54) is 0 Å². The van der Waals surface area contributed by atoms with Gasteiger partial charge in [-0.05, 0) is 80.6 Å². The number of hydrogen-bond donors (Lipinski definition) is 2. The highest BCUT2D eigenvalue weighted by Gasteiger charge is 2.30. The van der Waals surface area contributed by atoms with Gasteiger partial charge in [0.2, 0.25) is 0 Å². The van der Waals surface area contributed by atoms with Crippen LogP contribution in [0.15, 0.2) is 72.9 Å². The molecular formula is C24H20ClN3O3. The monoisotopic (exact) mass is 433 g/mol. The maximum absolute atomic E-state index is 12.8. The number of aromatic amines is 1. The Hall–Kier alpha value is -3.64. The van der Waals surface area contributed by atoms with Gasteiger partial charge in [-0.3, -0.25) is 14.7 Å². The maximum Gasteiger partial charge on any atom is 0.267 e. The number of hydrogen-bond acceptors (Lipinski definition) is 4. The van der Waals surface area contributed by atoms with E-state index in [1.807, 2.05) is 18.2 Å². The lowest BCUT2D eigenvalue weighted by Gasteiger charge is -2.25. The highest BCUT2D eigenvalue weighted by atomic mass is 35.5. The number of rotatable bonds is 6. The zero-order valence-corrected chi connectivity index (χ0v) is 17.7. The molecule has 0 atom stereocenters. The molecule has 6 nitrogen and oxygen atoms in total. The van der Waals surface area contributed by atoms with Gasteiger partial charge in [-0.1, -0.05) is 11.6 Å². The molecule has 0 saturated carbocycles. The first kappa shape index (κ1) is 20.6. The van der Waals surface area contributed by atoms with E-state index in [-0.39, 0.29) is 11.7 Å². The second kappa shape index (κ2) is 8.24. The lowest BCUT2D eigenvalue weighted by atomic mass is 10.0. The van der Waals surface area contributed by atoms with E-state index in [1.54, 1.807) is 68.6 Å². The Morgan fingerprint density at radius 1 is 0.968 bits per heavy atom. The zero-order chi connectivity index (χ0) is 22.0. The Morgan fingerprint density at radius 3 is 2.29 bits per heavy atom. The summed E-state index contributed by atoms with van der Waals surface area (Å²) in [6, 6.07) is 18.9. The fourth-order valence-electron chi connectivity index (χ4n) is 3.08. The lowest BCUT2D eigenvalue weighted by molar-refractivity contribution is -0.128. The number of ketones is 1. The van der Waals surface area contributed by atoms with Gasteiger partial charge in [0, 0.05) is 27.2 Å². The number of carbonyl (C=O) groups is 2. The number of halogens is 1. The molecule has 4 aromatic rings. The molecule has 7 heteroatoms. The fourth-order valence-corrected chi connectivity index (χ4v) is 3.21. The molecule has 4 rings (SSSR count). The van der Waals surface area contributed by atoms with Crippen molar-refractivity contribution in [3.05, 3.63) is 89.1 Å². The molecular weight excluding hydrogens is 414 g/mol. The summed E-state index contributed by atoms with van der Waals surface area (Å²) in [5.41, 5.74) is 1.40. The number of nitrogens with one attached hydrogen (secondary N) is 2. The van der Waals surface area contributed by atoms with Crippen molar-refractivity contribution in [3.63, 3.8) is 0 Å². The quantitative estimate of drug-likeness (QED) is 0.407.